The molecule has 106 valence electrons. The van der Waals surface area contributed by atoms with Gasteiger partial charge in [-0.25, -0.2) is 9.78 Å². The van der Waals surface area contributed by atoms with Crippen molar-refractivity contribution in [3.05, 3.63) is 11.6 Å². The summed E-state index contributed by atoms with van der Waals surface area (Å²) in [6.07, 6.45) is -4.82. The number of rotatable bonds is 5. The molecule has 4 N–H and O–H groups in total. The Balaban J connectivity index is 2.46. The molecule has 1 rings (SSSR count). The van der Waals surface area contributed by atoms with Crippen LogP contribution in [0.3, 0.4) is 0 Å². The molecule has 0 aliphatic carbocycles. The van der Waals surface area contributed by atoms with Crippen molar-refractivity contribution in [3.63, 3.8) is 0 Å². The number of aliphatic hydroxyl groups is 4. The summed E-state index contributed by atoms with van der Waals surface area (Å²) in [6, 6.07) is 0. The minimum Gasteiger partial charge on any atom is -0.394 e. The van der Waals surface area contributed by atoms with Gasteiger partial charge >= 0.3 is 0 Å². The average Bonchev–Trinajstić information content (AvgIpc) is 2.34. The van der Waals surface area contributed by atoms with Crippen LogP contribution in [0, 0.1) is 0 Å². The van der Waals surface area contributed by atoms with Crippen LogP contribution in [-0.4, -0.2) is 64.3 Å². The zero-order valence-electron chi connectivity index (χ0n) is 10.4. The van der Waals surface area contributed by atoms with Crippen LogP contribution in [0.4, 0.5) is 0 Å². The first kappa shape index (κ1) is 15.5. The molecule has 7 nitrogen and oxygen atoms in total. The summed E-state index contributed by atoms with van der Waals surface area (Å²) in [4.78, 5) is 9.59. The summed E-state index contributed by atoms with van der Waals surface area (Å²) in [7, 11) is 0. The molecular formula is C11H20O7. The zero-order chi connectivity index (χ0) is 13.7. The van der Waals surface area contributed by atoms with Crippen LogP contribution < -0.4 is 0 Å². The third-order valence-corrected chi connectivity index (χ3v) is 2.57. The van der Waals surface area contributed by atoms with E-state index in [1.54, 1.807) is 6.08 Å². The zero-order valence-corrected chi connectivity index (χ0v) is 10.4. The molecule has 1 heterocycles. The third kappa shape index (κ3) is 3.99. The van der Waals surface area contributed by atoms with E-state index in [4.69, 9.17) is 19.6 Å². The molecule has 0 bridgehead atoms. The monoisotopic (exact) mass is 264 g/mol. The van der Waals surface area contributed by atoms with E-state index in [2.05, 4.69) is 0 Å². The lowest BCUT2D eigenvalue weighted by atomic mass is 9.99. The molecule has 18 heavy (non-hydrogen) atoms. The van der Waals surface area contributed by atoms with Crippen LogP contribution >= 0.6 is 0 Å². The molecule has 5 unspecified atom stereocenters. The largest absolute Gasteiger partial charge is 0.394 e. The van der Waals surface area contributed by atoms with Crippen LogP contribution in [0.15, 0.2) is 11.6 Å². The topological polar surface area (TPSA) is 109 Å². The summed E-state index contributed by atoms with van der Waals surface area (Å²) < 4.78 is 5.06. The summed E-state index contributed by atoms with van der Waals surface area (Å²) in [5.41, 5.74) is 1.03. The van der Waals surface area contributed by atoms with Gasteiger partial charge in [-0.2, -0.15) is 0 Å². The summed E-state index contributed by atoms with van der Waals surface area (Å²) in [5, 5.41) is 37.5. The van der Waals surface area contributed by atoms with E-state index >= 15 is 0 Å². The van der Waals surface area contributed by atoms with Crippen molar-refractivity contribution in [3.8, 4) is 0 Å². The van der Waals surface area contributed by atoms with Crippen LogP contribution in [0.5, 0.6) is 0 Å². The first-order chi connectivity index (χ1) is 8.47. The Labute approximate surface area is 105 Å². The lowest BCUT2D eigenvalue weighted by Crippen LogP contribution is -2.59. The Kier molecular flexibility index (Phi) is 6.16. The Morgan fingerprint density at radius 2 is 1.83 bits per heavy atom. The molecule has 0 spiro atoms. The normalized spacial score (nSPS) is 36.4. The predicted molar refractivity (Wildman–Crippen MR) is 60.2 cm³/mol. The van der Waals surface area contributed by atoms with Crippen LogP contribution in [0.25, 0.3) is 0 Å². The van der Waals surface area contributed by atoms with Gasteiger partial charge in [-0.05, 0) is 13.8 Å². The summed E-state index contributed by atoms with van der Waals surface area (Å²) >= 11 is 0. The van der Waals surface area contributed by atoms with Gasteiger partial charge in [0, 0.05) is 0 Å². The maximum absolute atomic E-state index is 9.59. The molecule has 1 aliphatic rings. The van der Waals surface area contributed by atoms with Crippen molar-refractivity contribution in [2.45, 2.75) is 44.6 Å². The van der Waals surface area contributed by atoms with Gasteiger partial charge in [0.25, 0.3) is 0 Å². The molecule has 0 aromatic heterocycles. The maximum Gasteiger partial charge on any atom is 0.220 e. The first-order valence-corrected chi connectivity index (χ1v) is 5.69. The smallest absolute Gasteiger partial charge is 0.220 e. The highest BCUT2D eigenvalue weighted by Gasteiger charge is 2.44. The highest BCUT2D eigenvalue weighted by molar-refractivity contribution is 4.92. The Bertz CT molecular complexity index is 275. The lowest BCUT2D eigenvalue weighted by molar-refractivity contribution is -0.422. The van der Waals surface area contributed by atoms with Gasteiger partial charge in [-0.15, -0.1) is 0 Å². The van der Waals surface area contributed by atoms with E-state index < -0.39 is 37.3 Å². The van der Waals surface area contributed by atoms with E-state index in [9.17, 15) is 15.3 Å². The highest BCUT2D eigenvalue weighted by atomic mass is 17.2. The van der Waals surface area contributed by atoms with E-state index in [1.165, 1.54) is 0 Å². The minimum absolute atomic E-state index is 0.164. The van der Waals surface area contributed by atoms with Crippen molar-refractivity contribution in [2.24, 2.45) is 0 Å². The molecule has 1 saturated heterocycles. The van der Waals surface area contributed by atoms with E-state index in [0.29, 0.717) is 0 Å². The van der Waals surface area contributed by atoms with E-state index in [-0.39, 0.29) is 6.61 Å². The number of hydrogen-bond acceptors (Lipinski definition) is 7. The quantitative estimate of drug-likeness (QED) is 0.211. The summed E-state index contributed by atoms with van der Waals surface area (Å²) in [5.74, 6) is 0. The number of ether oxygens (including phenoxy) is 1. The third-order valence-electron chi connectivity index (χ3n) is 2.57. The van der Waals surface area contributed by atoms with Crippen LogP contribution in [0.1, 0.15) is 13.8 Å². The van der Waals surface area contributed by atoms with Crippen molar-refractivity contribution in [1.29, 1.82) is 0 Å². The van der Waals surface area contributed by atoms with Crippen LogP contribution in [0.2, 0.25) is 0 Å². The Hall–Kier alpha value is -0.540. The number of hydrogen-bond donors (Lipinski definition) is 4. The van der Waals surface area contributed by atoms with Gasteiger partial charge in [0.1, 0.15) is 31.0 Å². The number of allylic oxidation sites excluding steroid dienone is 1. The van der Waals surface area contributed by atoms with Crippen molar-refractivity contribution >= 4 is 0 Å². The minimum atomic E-state index is -1.46. The van der Waals surface area contributed by atoms with Crippen LogP contribution in [-0.2, 0) is 14.5 Å². The lowest BCUT2D eigenvalue weighted by Gasteiger charge is -2.38. The Morgan fingerprint density at radius 1 is 1.17 bits per heavy atom. The standard InChI is InChI=1S/C11H20O7/c1-6(2)3-4-16-18-11-10(15)9(14)8(13)7(5-12)17-11/h3,7-15H,4-5H2,1-2H3. The molecule has 5 atom stereocenters. The van der Waals surface area contributed by atoms with E-state index in [1.807, 2.05) is 13.8 Å². The molecule has 0 saturated carbocycles. The second kappa shape index (κ2) is 7.15. The fraction of sp³-hybridized carbons (Fsp3) is 0.818. The van der Waals surface area contributed by atoms with E-state index in [0.717, 1.165) is 5.57 Å². The molecule has 0 aromatic carbocycles. The molecule has 0 aromatic rings. The van der Waals surface area contributed by atoms with Crippen molar-refractivity contribution in [1.82, 2.24) is 0 Å². The average molecular weight is 264 g/mol. The van der Waals surface area contributed by atoms with Gasteiger partial charge in [-0.3, -0.25) is 0 Å². The van der Waals surface area contributed by atoms with Gasteiger partial charge in [-0.1, -0.05) is 11.6 Å². The van der Waals surface area contributed by atoms with Crippen molar-refractivity contribution in [2.75, 3.05) is 13.2 Å². The molecule has 1 fully saturated rings. The second-order valence-electron chi connectivity index (χ2n) is 4.36. The SMILES string of the molecule is CC(C)=CCOOC1OC(CO)C(O)C(O)C1O. The first-order valence-electron chi connectivity index (χ1n) is 5.69. The molecule has 7 heteroatoms. The molecular weight excluding hydrogens is 244 g/mol. The van der Waals surface area contributed by atoms with Gasteiger partial charge < -0.3 is 25.2 Å². The fourth-order valence-corrected chi connectivity index (χ4v) is 1.45. The molecule has 1 aliphatic heterocycles. The highest BCUT2D eigenvalue weighted by Crippen LogP contribution is 2.21. The molecule has 0 radical (unpaired) electrons. The van der Waals surface area contributed by atoms with Gasteiger partial charge in [0.2, 0.25) is 6.29 Å². The van der Waals surface area contributed by atoms with Gasteiger partial charge in [0.05, 0.1) is 6.61 Å². The maximum atomic E-state index is 9.59. The Morgan fingerprint density at radius 3 is 2.39 bits per heavy atom. The van der Waals surface area contributed by atoms with Gasteiger partial charge in [0.15, 0.2) is 0 Å². The summed E-state index contributed by atoms with van der Waals surface area (Å²) in [6.45, 7) is 3.44. The fourth-order valence-electron chi connectivity index (χ4n) is 1.45. The number of aliphatic hydroxyl groups excluding tert-OH is 4. The predicted octanol–water partition coefficient (Wildman–Crippen LogP) is -1.30. The van der Waals surface area contributed by atoms with Crippen molar-refractivity contribution < 1.29 is 34.9 Å². The molecule has 0 amide bonds. The second-order valence-corrected chi connectivity index (χ2v) is 4.36.